The number of aromatic nitrogens is 2. The van der Waals surface area contributed by atoms with Gasteiger partial charge in [0.1, 0.15) is 11.6 Å². The molecule has 144 valence electrons. The van der Waals surface area contributed by atoms with E-state index in [4.69, 9.17) is 11.6 Å². The molecule has 0 aliphatic carbocycles. The molecule has 0 radical (unpaired) electrons. The summed E-state index contributed by atoms with van der Waals surface area (Å²) in [7, 11) is 0. The number of benzene rings is 2. The Labute approximate surface area is 168 Å². The number of halogens is 2. The summed E-state index contributed by atoms with van der Waals surface area (Å²) in [6.07, 6.45) is 1.75. The molecule has 0 atom stereocenters. The first-order chi connectivity index (χ1) is 13.7. The number of para-hydroxylation sites is 1. The summed E-state index contributed by atoms with van der Waals surface area (Å²) in [6.45, 7) is 3.52. The Bertz CT molecular complexity index is 943. The van der Waals surface area contributed by atoms with Crippen molar-refractivity contribution < 1.29 is 4.39 Å². The zero-order valence-electron chi connectivity index (χ0n) is 15.4. The molecule has 3 aromatic rings. The Morgan fingerprint density at radius 2 is 1.64 bits per heavy atom. The van der Waals surface area contributed by atoms with Crippen LogP contribution in [0.25, 0.3) is 0 Å². The normalized spacial score (nSPS) is 14.2. The molecule has 1 saturated heterocycles. The van der Waals surface area contributed by atoms with Crippen LogP contribution in [0.5, 0.6) is 0 Å². The van der Waals surface area contributed by atoms with E-state index in [0.717, 1.165) is 42.6 Å². The summed E-state index contributed by atoms with van der Waals surface area (Å²) in [5.74, 6) is 1.25. The molecule has 1 N–H and O–H groups in total. The maximum atomic E-state index is 14.0. The minimum atomic E-state index is -0.182. The van der Waals surface area contributed by atoms with Crippen molar-refractivity contribution in [3.63, 3.8) is 0 Å². The molecule has 0 saturated carbocycles. The average Bonchev–Trinajstić information content (AvgIpc) is 2.74. The second-order valence-corrected chi connectivity index (χ2v) is 7.02. The number of rotatable bonds is 5. The van der Waals surface area contributed by atoms with Crippen molar-refractivity contribution in [3.05, 3.63) is 77.2 Å². The third kappa shape index (κ3) is 4.17. The van der Waals surface area contributed by atoms with Gasteiger partial charge in [-0.15, -0.1) is 0 Å². The van der Waals surface area contributed by atoms with Crippen LogP contribution in [0, 0.1) is 5.82 Å². The van der Waals surface area contributed by atoms with Gasteiger partial charge in [0, 0.05) is 43.9 Å². The highest BCUT2D eigenvalue weighted by molar-refractivity contribution is 6.31. The predicted octanol–water partition coefficient (Wildman–Crippen LogP) is 4.21. The van der Waals surface area contributed by atoms with Gasteiger partial charge in [-0.25, -0.2) is 9.37 Å². The monoisotopic (exact) mass is 397 g/mol. The molecule has 7 heteroatoms. The summed E-state index contributed by atoms with van der Waals surface area (Å²) >= 11 is 6.21. The molecule has 4 rings (SSSR count). The van der Waals surface area contributed by atoms with Gasteiger partial charge >= 0.3 is 0 Å². The van der Waals surface area contributed by atoms with Crippen molar-refractivity contribution >= 4 is 29.1 Å². The Kier molecular flexibility index (Phi) is 5.58. The third-order valence-corrected chi connectivity index (χ3v) is 5.19. The summed E-state index contributed by atoms with van der Waals surface area (Å²) in [4.78, 5) is 13.2. The molecule has 1 fully saturated rings. The zero-order chi connectivity index (χ0) is 19.3. The third-order valence-electron chi connectivity index (χ3n) is 4.82. The highest BCUT2D eigenvalue weighted by atomic mass is 35.5. The van der Waals surface area contributed by atoms with Crippen molar-refractivity contribution in [2.24, 2.45) is 0 Å². The molecule has 0 bridgehead atoms. The van der Waals surface area contributed by atoms with Crippen LogP contribution in [0.15, 0.2) is 60.8 Å². The van der Waals surface area contributed by atoms with Gasteiger partial charge in [-0.3, -0.25) is 0 Å². The molecule has 5 nitrogen and oxygen atoms in total. The molecule has 1 aromatic heterocycles. The van der Waals surface area contributed by atoms with E-state index in [1.807, 2.05) is 42.5 Å². The van der Waals surface area contributed by atoms with E-state index in [1.165, 1.54) is 6.07 Å². The minimum absolute atomic E-state index is 0.182. The molecular weight excluding hydrogens is 377 g/mol. The van der Waals surface area contributed by atoms with Crippen LogP contribution in [0.4, 0.5) is 21.8 Å². The lowest BCUT2D eigenvalue weighted by molar-refractivity contribution is 0.594. The van der Waals surface area contributed by atoms with Crippen LogP contribution in [-0.2, 0) is 6.54 Å². The Morgan fingerprint density at radius 3 is 2.43 bits per heavy atom. The highest BCUT2D eigenvalue weighted by Gasteiger charge is 2.21. The molecule has 1 aliphatic rings. The number of piperazine rings is 1. The fraction of sp³-hybridized carbons (Fsp3) is 0.238. The van der Waals surface area contributed by atoms with E-state index >= 15 is 0 Å². The van der Waals surface area contributed by atoms with E-state index in [2.05, 4.69) is 25.1 Å². The second kappa shape index (κ2) is 8.44. The van der Waals surface area contributed by atoms with Crippen LogP contribution in [0.2, 0.25) is 5.02 Å². The highest BCUT2D eigenvalue weighted by Crippen LogP contribution is 2.22. The lowest BCUT2D eigenvalue weighted by Crippen LogP contribution is -2.47. The van der Waals surface area contributed by atoms with Gasteiger partial charge in [0.2, 0.25) is 5.95 Å². The van der Waals surface area contributed by atoms with Gasteiger partial charge in [0.25, 0.3) is 0 Å². The van der Waals surface area contributed by atoms with Gasteiger partial charge in [0.15, 0.2) is 0 Å². The summed E-state index contributed by atoms with van der Waals surface area (Å²) < 4.78 is 14.0. The quantitative estimate of drug-likeness (QED) is 0.698. The number of nitrogens with one attached hydrogen (secondary N) is 1. The Hall–Kier alpha value is -2.86. The summed E-state index contributed by atoms with van der Waals surface area (Å²) in [6, 6.07) is 16.5. The largest absolute Gasteiger partial charge is 0.366 e. The van der Waals surface area contributed by atoms with Gasteiger partial charge in [-0.2, -0.15) is 4.98 Å². The van der Waals surface area contributed by atoms with E-state index in [1.54, 1.807) is 12.3 Å². The van der Waals surface area contributed by atoms with Crippen molar-refractivity contribution in [2.75, 3.05) is 41.3 Å². The minimum Gasteiger partial charge on any atom is -0.366 e. The molecule has 0 amide bonds. The maximum absolute atomic E-state index is 14.0. The standard InChI is InChI=1S/C21H21ClFN5/c22-17-6-2-1-5-16(17)15-25-20-9-10-24-21(26-20)28-13-11-27(12-14-28)19-8-4-3-7-18(19)23/h1-10H,11-15H2,(H,24,25,26). The van der Waals surface area contributed by atoms with E-state index in [0.29, 0.717) is 18.2 Å². The Balaban J connectivity index is 1.39. The van der Waals surface area contributed by atoms with Crippen LogP contribution < -0.4 is 15.1 Å². The average molecular weight is 398 g/mol. The summed E-state index contributed by atoms with van der Waals surface area (Å²) in [5, 5.41) is 4.03. The van der Waals surface area contributed by atoms with Crippen molar-refractivity contribution in [3.8, 4) is 0 Å². The lowest BCUT2D eigenvalue weighted by Gasteiger charge is -2.36. The van der Waals surface area contributed by atoms with Crippen LogP contribution in [0.1, 0.15) is 5.56 Å². The molecule has 0 unspecified atom stereocenters. The molecule has 1 aliphatic heterocycles. The molecule has 2 aromatic carbocycles. The first-order valence-corrected chi connectivity index (χ1v) is 9.63. The number of hydrogen-bond acceptors (Lipinski definition) is 5. The fourth-order valence-corrected chi connectivity index (χ4v) is 3.48. The van der Waals surface area contributed by atoms with E-state index < -0.39 is 0 Å². The van der Waals surface area contributed by atoms with E-state index in [9.17, 15) is 4.39 Å². The molecule has 0 spiro atoms. The number of nitrogens with zero attached hydrogens (tertiary/aromatic N) is 4. The second-order valence-electron chi connectivity index (χ2n) is 6.61. The van der Waals surface area contributed by atoms with Crippen molar-refractivity contribution in [2.45, 2.75) is 6.54 Å². The smallest absolute Gasteiger partial charge is 0.227 e. The van der Waals surface area contributed by atoms with Gasteiger partial charge in [-0.05, 0) is 29.8 Å². The molecular formula is C21H21ClFN5. The first kappa shape index (κ1) is 18.5. The van der Waals surface area contributed by atoms with Crippen LogP contribution >= 0.6 is 11.6 Å². The number of anilines is 3. The number of hydrogen-bond donors (Lipinski definition) is 1. The zero-order valence-corrected chi connectivity index (χ0v) is 16.1. The fourth-order valence-electron chi connectivity index (χ4n) is 3.28. The topological polar surface area (TPSA) is 44.3 Å². The lowest BCUT2D eigenvalue weighted by atomic mass is 10.2. The summed E-state index contributed by atoms with van der Waals surface area (Å²) in [5.41, 5.74) is 1.67. The van der Waals surface area contributed by atoms with Gasteiger partial charge in [-0.1, -0.05) is 41.9 Å². The van der Waals surface area contributed by atoms with Crippen molar-refractivity contribution in [1.82, 2.24) is 9.97 Å². The molecule has 28 heavy (non-hydrogen) atoms. The SMILES string of the molecule is Fc1ccccc1N1CCN(c2nccc(NCc3ccccc3Cl)n2)CC1. The molecule has 2 heterocycles. The van der Waals surface area contributed by atoms with Crippen molar-refractivity contribution in [1.29, 1.82) is 0 Å². The Morgan fingerprint density at radius 1 is 0.929 bits per heavy atom. The predicted molar refractivity (Wildman–Crippen MR) is 112 cm³/mol. The van der Waals surface area contributed by atoms with Crippen LogP contribution in [0.3, 0.4) is 0 Å². The van der Waals surface area contributed by atoms with Gasteiger partial charge in [0.05, 0.1) is 5.69 Å². The first-order valence-electron chi connectivity index (χ1n) is 9.25. The van der Waals surface area contributed by atoms with Crippen LogP contribution in [-0.4, -0.2) is 36.1 Å². The van der Waals surface area contributed by atoms with E-state index in [-0.39, 0.29) is 5.82 Å². The maximum Gasteiger partial charge on any atom is 0.227 e. The van der Waals surface area contributed by atoms with Gasteiger partial charge < -0.3 is 15.1 Å².